The molecule has 3 aliphatic rings. The van der Waals surface area contributed by atoms with E-state index in [4.69, 9.17) is 25.8 Å². The number of amides is 1. The molecule has 2 aromatic carbocycles. The van der Waals surface area contributed by atoms with Crippen LogP contribution in [0.1, 0.15) is 49.9 Å². The maximum atomic E-state index is 13.9. The normalized spacial score (nSPS) is 30.2. The monoisotopic (exact) mass is 631 g/mol. The van der Waals surface area contributed by atoms with Crippen molar-refractivity contribution in [2.75, 3.05) is 19.0 Å². The molecule has 0 spiro atoms. The minimum atomic E-state index is -4.19. The molecule has 2 N–H and O–H groups in total. The summed E-state index contributed by atoms with van der Waals surface area (Å²) in [4.78, 5) is 25.5. The maximum Gasteiger partial charge on any atom is 0.343 e. The van der Waals surface area contributed by atoms with Crippen LogP contribution in [-0.2, 0) is 28.8 Å². The second-order valence-electron chi connectivity index (χ2n) is 11.4. The predicted octanol–water partition coefficient (Wildman–Crippen LogP) is 4.40. The molecule has 2 saturated carbocycles. The third kappa shape index (κ3) is 4.79. The molecular weight excluding hydrogens is 603 g/mol. The molecule has 9 nitrogen and oxygen atoms in total. The number of rotatable bonds is 6. The fourth-order valence-electron chi connectivity index (χ4n) is 6.67. The van der Waals surface area contributed by atoms with E-state index in [0.29, 0.717) is 25.0 Å². The van der Waals surface area contributed by atoms with Gasteiger partial charge >= 0.3 is 5.97 Å². The number of sulfone groups is 1. The number of halogens is 4. The number of hydrogen-bond donors (Lipinski definition) is 2. The van der Waals surface area contributed by atoms with E-state index in [1.165, 1.54) is 19.2 Å². The van der Waals surface area contributed by atoms with Crippen LogP contribution in [0.5, 0.6) is 0 Å². The molecule has 0 radical (unpaired) electrons. The smallest absolute Gasteiger partial charge is 0.343 e. The Morgan fingerprint density at radius 1 is 1.07 bits per heavy atom. The lowest BCUT2D eigenvalue weighted by Crippen LogP contribution is -2.68. The average molecular weight is 632 g/mol. The van der Waals surface area contributed by atoms with Crippen LogP contribution in [0.15, 0.2) is 35.2 Å². The van der Waals surface area contributed by atoms with E-state index in [1.807, 2.05) is 0 Å². The number of benzene rings is 2. The van der Waals surface area contributed by atoms with E-state index in [9.17, 15) is 36.3 Å². The maximum absolute atomic E-state index is 13.9. The molecule has 2 bridgehead atoms. The molecule has 2 aliphatic carbocycles. The molecule has 3 fully saturated rings. The van der Waals surface area contributed by atoms with E-state index >= 15 is 0 Å². The number of hydrogen-bond acceptors (Lipinski definition) is 8. The highest BCUT2D eigenvalue weighted by molar-refractivity contribution is 7.92. The molecule has 1 aliphatic heterocycles. The first-order valence-corrected chi connectivity index (χ1v) is 15.1. The summed E-state index contributed by atoms with van der Waals surface area (Å²) in [5, 5.41) is 13.2. The van der Waals surface area contributed by atoms with Gasteiger partial charge in [-0.2, -0.15) is 0 Å². The molecule has 1 saturated heterocycles. The number of nitrogens with one attached hydrogen (secondary N) is 1. The third-order valence-corrected chi connectivity index (χ3v) is 11.2. The molecule has 0 aromatic heterocycles. The van der Waals surface area contributed by atoms with Crippen molar-refractivity contribution in [1.82, 2.24) is 0 Å². The lowest BCUT2D eigenvalue weighted by molar-refractivity contribution is -0.247. The summed E-state index contributed by atoms with van der Waals surface area (Å²) in [6.07, 6.45) is 0.797. The van der Waals surface area contributed by atoms with Gasteiger partial charge < -0.3 is 24.6 Å². The molecule has 2 aromatic rings. The van der Waals surface area contributed by atoms with Gasteiger partial charge in [0.1, 0.15) is 5.60 Å². The number of methoxy groups -OCH3 is 1. The molecule has 228 valence electrons. The molecule has 3 unspecified atom stereocenters. The number of ether oxygens (including phenoxy) is 3. The number of fused-ring (bicyclic) bond motifs is 2. The summed E-state index contributed by atoms with van der Waals surface area (Å²) in [5.41, 5.74) is -4.16. The SMILES string of the molecule is COC(=O)C1(C2(O)C3CCC2CC(S(=O)(=O)c2cc(C(=O)Nc4cc(F)c(F)c(F)c4)ccc2Cl)C3)COC(C)(C)O1. The van der Waals surface area contributed by atoms with Crippen molar-refractivity contribution >= 4 is 39.0 Å². The van der Waals surface area contributed by atoms with Crippen molar-refractivity contribution in [2.24, 2.45) is 11.8 Å². The fraction of sp³-hybridized carbons (Fsp3) is 0.500. The van der Waals surface area contributed by atoms with E-state index in [1.54, 1.807) is 13.8 Å². The summed E-state index contributed by atoms with van der Waals surface area (Å²) in [5.74, 6) is -8.96. The first-order chi connectivity index (χ1) is 19.6. The van der Waals surface area contributed by atoms with Crippen LogP contribution < -0.4 is 5.32 Å². The molecule has 3 atom stereocenters. The largest absolute Gasteiger partial charge is 0.467 e. The Kier molecular flexibility index (Phi) is 7.67. The zero-order chi connectivity index (χ0) is 30.8. The standard InChI is InChI=1S/C28H29ClF3NO8S/c1-26(2)40-13-27(41-26,25(35)39-3)28(36)15-5-6-16(28)10-18(9-15)42(37,38)22-8-14(4-7-19(22)29)24(34)33-17-11-20(30)23(32)21(31)12-17/h4,7-8,11-12,15-16,18,36H,5-6,9-10,13H2,1-3H3,(H,33,34). The molecule has 1 amide bonds. The van der Waals surface area contributed by atoms with Crippen molar-refractivity contribution in [3.63, 3.8) is 0 Å². The highest BCUT2D eigenvalue weighted by Gasteiger charge is 2.73. The number of aliphatic hydroxyl groups is 1. The van der Waals surface area contributed by atoms with Gasteiger partial charge in [-0.1, -0.05) is 11.6 Å². The second kappa shape index (κ2) is 10.5. The van der Waals surface area contributed by atoms with Crippen molar-refractivity contribution in [2.45, 2.75) is 66.7 Å². The van der Waals surface area contributed by atoms with E-state index < -0.39 is 73.2 Å². The van der Waals surface area contributed by atoms with Crippen LogP contribution in [-0.4, -0.2) is 61.4 Å². The Hall–Kier alpha value is -2.71. The van der Waals surface area contributed by atoms with Gasteiger partial charge in [0.25, 0.3) is 5.91 Å². The zero-order valence-corrected chi connectivity index (χ0v) is 24.5. The Balaban J connectivity index is 1.42. The Morgan fingerprint density at radius 2 is 1.67 bits per heavy atom. The summed E-state index contributed by atoms with van der Waals surface area (Å²) in [7, 11) is -3.01. The number of esters is 1. The second-order valence-corrected chi connectivity index (χ2v) is 14.0. The van der Waals surface area contributed by atoms with Gasteiger partial charge in [-0.3, -0.25) is 4.79 Å². The first-order valence-electron chi connectivity index (χ1n) is 13.2. The van der Waals surface area contributed by atoms with Crippen LogP contribution in [0.25, 0.3) is 0 Å². The first kappa shape index (κ1) is 30.7. The quantitative estimate of drug-likeness (QED) is 0.355. The van der Waals surface area contributed by atoms with Gasteiger partial charge in [0.15, 0.2) is 33.1 Å². The van der Waals surface area contributed by atoms with Crippen molar-refractivity contribution in [3.05, 3.63) is 58.4 Å². The van der Waals surface area contributed by atoms with E-state index in [0.717, 1.165) is 6.07 Å². The number of carbonyl (C=O) groups excluding carboxylic acids is 2. The number of anilines is 1. The van der Waals surface area contributed by atoms with Gasteiger partial charge in [-0.05, 0) is 69.6 Å². The number of carbonyl (C=O) groups is 2. The third-order valence-electron chi connectivity index (χ3n) is 8.59. The van der Waals surface area contributed by atoms with Gasteiger partial charge in [-0.25, -0.2) is 26.4 Å². The van der Waals surface area contributed by atoms with Crippen LogP contribution in [0, 0.1) is 29.3 Å². The summed E-state index contributed by atoms with van der Waals surface area (Å²) < 4.78 is 85.0. The molecule has 14 heteroatoms. The van der Waals surface area contributed by atoms with Crippen LogP contribution >= 0.6 is 11.6 Å². The zero-order valence-electron chi connectivity index (χ0n) is 22.9. The van der Waals surface area contributed by atoms with Crippen LogP contribution in [0.4, 0.5) is 18.9 Å². The van der Waals surface area contributed by atoms with E-state index in [-0.39, 0.29) is 40.6 Å². The average Bonchev–Trinajstić information content (AvgIpc) is 3.31. The van der Waals surface area contributed by atoms with Crippen LogP contribution in [0.3, 0.4) is 0 Å². The minimum absolute atomic E-state index is 0.0290. The van der Waals surface area contributed by atoms with Crippen molar-refractivity contribution < 1.29 is 50.5 Å². The Morgan fingerprint density at radius 3 is 2.19 bits per heavy atom. The molecule has 1 heterocycles. The molecule has 42 heavy (non-hydrogen) atoms. The van der Waals surface area contributed by atoms with Gasteiger partial charge in [0.05, 0.1) is 28.9 Å². The highest BCUT2D eigenvalue weighted by Crippen LogP contribution is 2.59. The molecule has 5 rings (SSSR count). The summed E-state index contributed by atoms with van der Waals surface area (Å²) in [6, 6.07) is 4.67. The molecular formula is C28H29ClF3NO8S. The van der Waals surface area contributed by atoms with Crippen molar-refractivity contribution in [3.8, 4) is 0 Å². The van der Waals surface area contributed by atoms with Gasteiger partial charge in [-0.15, -0.1) is 0 Å². The van der Waals surface area contributed by atoms with Crippen molar-refractivity contribution in [1.29, 1.82) is 0 Å². The van der Waals surface area contributed by atoms with Crippen LogP contribution in [0.2, 0.25) is 5.02 Å². The topological polar surface area (TPSA) is 128 Å². The summed E-state index contributed by atoms with van der Waals surface area (Å²) >= 11 is 6.29. The lowest BCUT2D eigenvalue weighted by atomic mass is 9.65. The van der Waals surface area contributed by atoms with Gasteiger partial charge in [0.2, 0.25) is 5.60 Å². The Bertz CT molecular complexity index is 1530. The fourth-order valence-corrected chi connectivity index (χ4v) is 9.07. The predicted molar refractivity (Wildman–Crippen MR) is 143 cm³/mol. The van der Waals surface area contributed by atoms with E-state index in [2.05, 4.69) is 5.32 Å². The minimum Gasteiger partial charge on any atom is -0.467 e. The highest BCUT2D eigenvalue weighted by atomic mass is 35.5. The lowest BCUT2D eigenvalue weighted by Gasteiger charge is -2.50. The van der Waals surface area contributed by atoms with Gasteiger partial charge in [0, 0.05) is 23.4 Å². The Labute approximate surface area is 245 Å². The summed E-state index contributed by atoms with van der Waals surface area (Å²) in [6.45, 7) is 2.94.